The summed E-state index contributed by atoms with van der Waals surface area (Å²) in [7, 11) is 0. The Balaban J connectivity index is 1.71. The van der Waals surface area contributed by atoms with E-state index < -0.39 is 0 Å². The van der Waals surface area contributed by atoms with Gasteiger partial charge in [0.1, 0.15) is 0 Å². The second kappa shape index (κ2) is 6.66. The SMILES string of the molecule is Cc1ccc(C[C@]2(C)C[C@@H]3NCCC[C@@H]3N2c2cccc(Cl)c2)cc1. The summed E-state index contributed by atoms with van der Waals surface area (Å²) in [5.41, 5.74) is 4.10. The van der Waals surface area contributed by atoms with Crippen molar-refractivity contribution in [3.8, 4) is 0 Å². The maximum absolute atomic E-state index is 6.33. The lowest BCUT2D eigenvalue weighted by Gasteiger charge is -2.42. The summed E-state index contributed by atoms with van der Waals surface area (Å²) in [6.07, 6.45) is 4.75. The van der Waals surface area contributed by atoms with Crippen molar-refractivity contribution < 1.29 is 0 Å². The van der Waals surface area contributed by atoms with Gasteiger partial charge in [0.15, 0.2) is 0 Å². The average Bonchev–Trinajstić information content (AvgIpc) is 2.88. The third kappa shape index (κ3) is 3.30. The highest BCUT2D eigenvalue weighted by molar-refractivity contribution is 6.30. The van der Waals surface area contributed by atoms with Gasteiger partial charge < -0.3 is 10.2 Å². The molecule has 132 valence electrons. The van der Waals surface area contributed by atoms with Crippen molar-refractivity contribution in [3.05, 3.63) is 64.7 Å². The molecule has 3 heteroatoms. The zero-order valence-corrected chi connectivity index (χ0v) is 15.9. The summed E-state index contributed by atoms with van der Waals surface area (Å²) < 4.78 is 0. The van der Waals surface area contributed by atoms with Gasteiger partial charge in [-0.25, -0.2) is 0 Å². The number of aryl methyl sites for hydroxylation is 1. The molecule has 0 aliphatic carbocycles. The van der Waals surface area contributed by atoms with E-state index in [1.165, 1.54) is 36.1 Å². The minimum Gasteiger partial charge on any atom is -0.361 e. The van der Waals surface area contributed by atoms with E-state index in [1.54, 1.807) is 0 Å². The summed E-state index contributed by atoms with van der Waals surface area (Å²) in [5.74, 6) is 0. The Bertz CT molecular complexity index is 742. The largest absolute Gasteiger partial charge is 0.361 e. The van der Waals surface area contributed by atoms with Gasteiger partial charge in [-0.05, 0) is 69.8 Å². The summed E-state index contributed by atoms with van der Waals surface area (Å²) in [6.45, 7) is 5.72. The molecule has 2 aliphatic heterocycles. The molecule has 0 amide bonds. The van der Waals surface area contributed by atoms with Gasteiger partial charge >= 0.3 is 0 Å². The summed E-state index contributed by atoms with van der Waals surface area (Å²) in [5, 5.41) is 4.59. The quantitative estimate of drug-likeness (QED) is 0.836. The number of hydrogen-bond acceptors (Lipinski definition) is 2. The Kier molecular flexibility index (Phi) is 4.51. The Morgan fingerprint density at radius 2 is 2.00 bits per heavy atom. The number of nitrogens with one attached hydrogen (secondary N) is 1. The van der Waals surface area contributed by atoms with E-state index in [1.807, 2.05) is 6.07 Å². The van der Waals surface area contributed by atoms with E-state index in [0.717, 1.165) is 18.0 Å². The molecule has 2 fully saturated rings. The van der Waals surface area contributed by atoms with Gasteiger partial charge in [-0.3, -0.25) is 0 Å². The van der Waals surface area contributed by atoms with Crippen LogP contribution in [0.1, 0.15) is 37.3 Å². The van der Waals surface area contributed by atoms with Gasteiger partial charge in [-0.2, -0.15) is 0 Å². The van der Waals surface area contributed by atoms with Crippen LogP contribution < -0.4 is 10.2 Å². The van der Waals surface area contributed by atoms with Crippen molar-refractivity contribution >= 4 is 17.3 Å². The lowest BCUT2D eigenvalue weighted by molar-refractivity contribution is 0.381. The highest BCUT2D eigenvalue weighted by Crippen LogP contribution is 2.43. The van der Waals surface area contributed by atoms with Crippen molar-refractivity contribution in [1.29, 1.82) is 0 Å². The molecule has 4 rings (SSSR count). The van der Waals surface area contributed by atoms with E-state index in [4.69, 9.17) is 11.6 Å². The number of fused-ring (bicyclic) bond motifs is 1. The van der Waals surface area contributed by atoms with Crippen LogP contribution in [0.5, 0.6) is 0 Å². The monoisotopic (exact) mass is 354 g/mol. The third-order valence-corrected chi connectivity index (χ3v) is 6.15. The first-order valence-electron chi connectivity index (χ1n) is 9.39. The van der Waals surface area contributed by atoms with Crippen molar-refractivity contribution in [2.24, 2.45) is 0 Å². The molecule has 0 spiro atoms. The maximum Gasteiger partial charge on any atom is 0.0450 e. The van der Waals surface area contributed by atoms with Crippen LogP contribution in [0.25, 0.3) is 0 Å². The molecule has 25 heavy (non-hydrogen) atoms. The Labute approximate surface area is 156 Å². The van der Waals surface area contributed by atoms with Crippen LogP contribution in [0.2, 0.25) is 5.02 Å². The fourth-order valence-electron chi connectivity index (χ4n) is 4.86. The van der Waals surface area contributed by atoms with Crippen molar-refractivity contribution in [3.63, 3.8) is 0 Å². The van der Waals surface area contributed by atoms with Gasteiger partial charge in [0.25, 0.3) is 0 Å². The van der Waals surface area contributed by atoms with Crippen molar-refractivity contribution in [1.82, 2.24) is 5.32 Å². The molecule has 2 saturated heterocycles. The standard InChI is InChI=1S/C22H27ClN2/c1-16-8-10-17(11-9-16)14-22(2)15-20-21(7-4-12-24-20)25(22)19-6-3-5-18(23)13-19/h3,5-6,8-11,13,20-21,24H,4,7,12,14-15H2,1-2H3/t20-,21-,22+/m0/s1. The maximum atomic E-state index is 6.33. The second-order valence-electron chi connectivity index (χ2n) is 7.98. The first-order chi connectivity index (χ1) is 12.0. The molecule has 0 aromatic heterocycles. The second-order valence-corrected chi connectivity index (χ2v) is 8.42. The summed E-state index contributed by atoms with van der Waals surface area (Å²) in [6, 6.07) is 18.5. The fraction of sp³-hybridized carbons (Fsp3) is 0.455. The molecular weight excluding hydrogens is 328 g/mol. The first kappa shape index (κ1) is 16.9. The van der Waals surface area contributed by atoms with E-state index in [-0.39, 0.29) is 5.54 Å². The smallest absolute Gasteiger partial charge is 0.0450 e. The van der Waals surface area contributed by atoms with E-state index in [0.29, 0.717) is 12.1 Å². The zero-order valence-electron chi connectivity index (χ0n) is 15.1. The average molecular weight is 355 g/mol. The van der Waals surface area contributed by atoms with Crippen LogP contribution >= 0.6 is 11.6 Å². The predicted molar refractivity (Wildman–Crippen MR) is 107 cm³/mol. The third-order valence-electron chi connectivity index (χ3n) is 5.91. The van der Waals surface area contributed by atoms with Crippen LogP contribution in [0.15, 0.2) is 48.5 Å². The molecule has 3 atom stereocenters. The summed E-state index contributed by atoms with van der Waals surface area (Å²) >= 11 is 6.33. The Morgan fingerprint density at radius 3 is 2.76 bits per heavy atom. The molecule has 2 nitrogen and oxygen atoms in total. The lowest BCUT2D eigenvalue weighted by Crippen LogP contribution is -2.50. The molecule has 0 radical (unpaired) electrons. The predicted octanol–water partition coefficient (Wildman–Crippen LogP) is 4.98. The van der Waals surface area contributed by atoms with Gasteiger partial charge in [0, 0.05) is 28.3 Å². The van der Waals surface area contributed by atoms with Crippen LogP contribution in [0, 0.1) is 6.92 Å². The molecule has 0 unspecified atom stereocenters. The number of piperidine rings is 1. The zero-order chi connectivity index (χ0) is 17.4. The van der Waals surface area contributed by atoms with Crippen LogP contribution in [0.4, 0.5) is 5.69 Å². The molecule has 2 aromatic carbocycles. The van der Waals surface area contributed by atoms with Crippen LogP contribution in [-0.2, 0) is 6.42 Å². The molecule has 2 aromatic rings. The highest BCUT2D eigenvalue weighted by Gasteiger charge is 2.49. The summed E-state index contributed by atoms with van der Waals surface area (Å²) in [4.78, 5) is 2.66. The number of benzene rings is 2. The normalized spacial score (nSPS) is 28.8. The van der Waals surface area contributed by atoms with Crippen molar-refractivity contribution in [2.45, 2.75) is 57.2 Å². The number of anilines is 1. The highest BCUT2D eigenvalue weighted by atomic mass is 35.5. The fourth-order valence-corrected chi connectivity index (χ4v) is 5.04. The minimum atomic E-state index is 0.104. The topological polar surface area (TPSA) is 15.3 Å². The van der Waals surface area contributed by atoms with E-state index in [9.17, 15) is 0 Å². The van der Waals surface area contributed by atoms with Gasteiger partial charge in [0.05, 0.1) is 0 Å². The number of nitrogens with zero attached hydrogens (tertiary/aromatic N) is 1. The number of halogens is 1. The Hall–Kier alpha value is -1.51. The molecule has 1 N–H and O–H groups in total. The molecular formula is C22H27ClN2. The number of hydrogen-bond donors (Lipinski definition) is 1. The van der Waals surface area contributed by atoms with Gasteiger partial charge in [-0.15, -0.1) is 0 Å². The van der Waals surface area contributed by atoms with Crippen LogP contribution in [-0.4, -0.2) is 24.2 Å². The lowest BCUT2D eigenvalue weighted by atomic mass is 9.88. The van der Waals surface area contributed by atoms with E-state index >= 15 is 0 Å². The molecule has 0 bridgehead atoms. The van der Waals surface area contributed by atoms with Gasteiger partial charge in [-0.1, -0.05) is 47.5 Å². The molecule has 2 heterocycles. The number of rotatable bonds is 3. The van der Waals surface area contributed by atoms with Crippen LogP contribution in [0.3, 0.4) is 0 Å². The Morgan fingerprint density at radius 1 is 1.20 bits per heavy atom. The van der Waals surface area contributed by atoms with Crippen molar-refractivity contribution in [2.75, 3.05) is 11.4 Å². The van der Waals surface area contributed by atoms with E-state index in [2.05, 4.69) is 66.5 Å². The van der Waals surface area contributed by atoms with Gasteiger partial charge in [0.2, 0.25) is 0 Å². The minimum absolute atomic E-state index is 0.104. The first-order valence-corrected chi connectivity index (χ1v) is 9.77. The molecule has 2 aliphatic rings. The molecule has 0 saturated carbocycles.